The van der Waals surface area contributed by atoms with Gasteiger partial charge in [0.05, 0.1) is 38.7 Å². The Hall–Kier alpha value is -6.20. The molecule has 1 fully saturated rings. The summed E-state index contributed by atoms with van der Waals surface area (Å²) in [7, 11) is 1.61. The van der Waals surface area contributed by atoms with Gasteiger partial charge in [-0.25, -0.2) is 9.97 Å². The van der Waals surface area contributed by atoms with Crippen molar-refractivity contribution in [1.29, 1.82) is 0 Å². The van der Waals surface area contributed by atoms with E-state index >= 15 is 0 Å². The van der Waals surface area contributed by atoms with E-state index in [0.29, 0.717) is 17.1 Å². The van der Waals surface area contributed by atoms with E-state index in [1.165, 1.54) is 21.7 Å². The van der Waals surface area contributed by atoms with Crippen molar-refractivity contribution in [3.63, 3.8) is 0 Å². The number of benzene rings is 3. The summed E-state index contributed by atoms with van der Waals surface area (Å²) in [4.78, 5) is 64.5. The highest BCUT2D eigenvalue weighted by Gasteiger charge is 2.44. The van der Waals surface area contributed by atoms with Crippen LogP contribution in [0, 0.1) is 12.3 Å². The van der Waals surface area contributed by atoms with Crippen LogP contribution in [-0.4, -0.2) is 108 Å². The molecule has 15 nitrogen and oxygen atoms in total. The molecule has 3 atom stereocenters. The van der Waals surface area contributed by atoms with Crippen LogP contribution in [0.4, 0.5) is 11.5 Å². The molecule has 0 saturated carbocycles. The van der Waals surface area contributed by atoms with Crippen LogP contribution in [0.1, 0.15) is 48.7 Å². The normalized spacial score (nSPS) is 15.4. The minimum absolute atomic E-state index is 0.0245. The number of amides is 4. The number of ether oxygens (including phenoxy) is 3. The number of nitrogens with one attached hydrogen (secondary N) is 4. The minimum atomic E-state index is -0.983. The molecular weight excluding hydrogens is 823 g/mol. The number of aliphatic hydroxyl groups excluding tert-OH is 1. The summed E-state index contributed by atoms with van der Waals surface area (Å²) in [6.07, 6.45) is 0.673. The fraction of sp³-hybridized carbons (Fsp3) is 0.362. The fourth-order valence-corrected chi connectivity index (χ4v) is 7.96. The molecule has 0 bridgehead atoms. The van der Waals surface area contributed by atoms with Crippen LogP contribution < -0.4 is 26.0 Å². The predicted octanol–water partition coefficient (Wildman–Crippen LogP) is 5.50. The first-order chi connectivity index (χ1) is 30.3. The first kappa shape index (κ1) is 46.3. The molecule has 5 N–H and O–H groups in total. The highest BCUT2D eigenvalue weighted by molar-refractivity contribution is 7.13. The average molecular weight is 878 g/mol. The lowest BCUT2D eigenvalue weighted by atomic mass is 9.85. The maximum absolute atomic E-state index is 13.9. The molecule has 0 aliphatic carbocycles. The zero-order valence-corrected chi connectivity index (χ0v) is 37.0. The zero-order chi connectivity index (χ0) is 44.9. The minimum Gasteiger partial charge on any atom is -0.497 e. The Kier molecular flexibility index (Phi) is 16.0. The van der Waals surface area contributed by atoms with Crippen LogP contribution in [-0.2, 0) is 30.4 Å². The van der Waals surface area contributed by atoms with Crippen LogP contribution >= 0.6 is 11.3 Å². The van der Waals surface area contributed by atoms with E-state index in [1.54, 1.807) is 42.7 Å². The van der Waals surface area contributed by atoms with Gasteiger partial charge in [-0.05, 0) is 76.9 Å². The summed E-state index contributed by atoms with van der Waals surface area (Å²) in [6, 6.07) is 24.6. The Morgan fingerprint density at radius 2 is 1.67 bits per heavy atom. The molecular formula is C47H55N7O8S. The number of aromatic nitrogens is 2. The van der Waals surface area contributed by atoms with Gasteiger partial charge in [-0.3, -0.25) is 19.2 Å². The fourth-order valence-electron chi connectivity index (χ4n) is 7.02. The van der Waals surface area contributed by atoms with E-state index in [9.17, 15) is 24.3 Å². The average Bonchev–Trinajstić information content (AvgIpc) is 3.90. The summed E-state index contributed by atoms with van der Waals surface area (Å²) in [6.45, 7) is 8.18. The molecule has 4 amide bonds. The smallest absolute Gasteiger partial charge is 0.251 e. The van der Waals surface area contributed by atoms with Crippen molar-refractivity contribution in [3.05, 3.63) is 113 Å². The Labute approximate surface area is 371 Å². The molecule has 5 aromatic rings. The van der Waals surface area contributed by atoms with E-state index in [2.05, 4.69) is 49.6 Å². The van der Waals surface area contributed by atoms with Gasteiger partial charge in [-0.2, -0.15) is 0 Å². The lowest BCUT2D eigenvalue weighted by Gasteiger charge is -2.35. The quantitative estimate of drug-likeness (QED) is 0.0658. The zero-order valence-electron chi connectivity index (χ0n) is 36.2. The molecule has 0 radical (unpaired) electrons. The third-order valence-electron chi connectivity index (χ3n) is 10.4. The van der Waals surface area contributed by atoms with Gasteiger partial charge in [0.2, 0.25) is 17.7 Å². The van der Waals surface area contributed by atoms with Crippen molar-refractivity contribution in [2.45, 2.75) is 58.8 Å². The Balaban J connectivity index is 0.898. The van der Waals surface area contributed by atoms with Crippen molar-refractivity contribution >= 4 is 46.5 Å². The summed E-state index contributed by atoms with van der Waals surface area (Å²) < 4.78 is 16.3. The van der Waals surface area contributed by atoms with Gasteiger partial charge in [0.1, 0.15) is 36.6 Å². The summed E-state index contributed by atoms with van der Waals surface area (Å²) in [5.74, 6) is -0.268. The first-order valence-corrected chi connectivity index (χ1v) is 21.6. The molecule has 6 rings (SSSR count). The number of thiophene rings is 1. The number of likely N-dealkylation sites (tertiary alicyclic amines) is 1. The van der Waals surface area contributed by atoms with Crippen LogP contribution in [0.5, 0.6) is 5.75 Å². The molecule has 1 aliphatic rings. The highest BCUT2D eigenvalue weighted by Crippen LogP contribution is 2.30. The third-order valence-corrected chi connectivity index (χ3v) is 11.5. The number of aliphatic hydroxyl groups is 1. The molecule has 2 aromatic heterocycles. The SMILES string of the molecule is COc1ccc(Nc2cc(-c3cccc(C(=O)NCCOCCOCC(=O)N[C@H](C(=O)N4C[C@H](O)C[C@H]4C(=O)NCc4ccc(-c5sccc5C)cc4)C(C)(C)C)c3)ncn2)cc1. The van der Waals surface area contributed by atoms with Crippen molar-refractivity contribution in [1.82, 2.24) is 30.8 Å². The summed E-state index contributed by atoms with van der Waals surface area (Å²) in [5, 5.41) is 24.4. The number of hydrogen-bond donors (Lipinski definition) is 5. The van der Waals surface area contributed by atoms with Crippen molar-refractivity contribution in [2.24, 2.45) is 5.41 Å². The van der Waals surface area contributed by atoms with Gasteiger partial charge in [-0.15, -0.1) is 11.3 Å². The molecule has 3 aromatic carbocycles. The molecule has 3 heterocycles. The predicted molar refractivity (Wildman–Crippen MR) is 242 cm³/mol. The van der Waals surface area contributed by atoms with E-state index in [4.69, 9.17) is 14.2 Å². The molecule has 332 valence electrons. The van der Waals surface area contributed by atoms with Gasteiger partial charge in [0.25, 0.3) is 5.91 Å². The Bertz CT molecular complexity index is 2330. The number of β-amino-alcohol motifs (C(OH)–C–C–N with tert-alkyl or cyclic N) is 1. The van der Waals surface area contributed by atoms with Gasteiger partial charge in [-0.1, -0.05) is 57.2 Å². The van der Waals surface area contributed by atoms with E-state index in [0.717, 1.165) is 28.1 Å². The largest absolute Gasteiger partial charge is 0.497 e. The second kappa shape index (κ2) is 21.7. The number of methoxy groups -OCH3 is 1. The van der Waals surface area contributed by atoms with Crippen molar-refractivity contribution in [3.8, 4) is 27.4 Å². The lowest BCUT2D eigenvalue weighted by Crippen LogP contribution is -2.58. The molecule has 1 aliphatic heterocycles. The monoisotopic (exact) mass is 877 g/mol. The maximum Gasteiger partial charge on any atom is 0.251 e. The lowest BCUT2D eigenvalue weighted by molar-refractivity contribution is -0.144. The molecule has 1 saturated heterocycles. The first-order valence-electron chi connectivity index (χ1n) is 20.8. The van der Waals surface area contributed by atoms with Gasteiger partial charge >= 0.3 is 0 Å². The van der Waals surface area contributed by atoms with Gasteiger partial charge < -0.3 is 45.5 Å². The van der Waals surface area contributed by atoms with Crippen LogP contribution in [0.25, 0.3) is 21.7 Å². The molecule has 0 unspecified atom stereocenters. The highest BCUT2D eigenvalue weighted by atomic mass is 32.1. The number of nitrogens with zero attached hydrogens (tertiary/aromatic N) is 3. The maximum atomic E-state index is 13.9. The van der Waals surface area contributed by atoms with Gasteiger partial charge in [0.15, 0.2) is 0 Å². The van der Waals surface area contributed by atoms with Gasteiger partial charge in [0, 0.05) is 53.8 Å². The topological polar surface area (TPSA) is 193 Å². The second-order valence-electron chi connectivity index (χ2n) is 16.3. The van der Waals surface area contributed by atoms with Crippen LogP contribution in [0.15, 0.2) is 96.6 Å². The number of carbonyl (C=O) groups excluding carboxylic acids is 4. The van der Waals surface area contributed by atoms with Crippen LogP contribution in [0.3, 0.4) is 0 Å². The van der Waals surface area contributed by atoms with E-state index < -0.39 is 35.4 Å². The Morgan fingerprint density at radius 3 is 2.38 bits per heavy atom. The molecule has 16 heteroatoms. The number of anilines is 2. The van der Waals surface area contributed by atoms with Crippen molar-refractivity contribution in [2.75, 3.05) is 51.9 Å². The number of carbonyl (C=O) groups is 4. The van der Waals surface area contributed by atoms with Crippen molar-refractivity contribution < 1.29 is 38.5 Å². The number of aryl methyl sites for hydroxylation is 1. The standard InChI is InChI=1S/C47H55N7O8S/c1-30-17-22-63-42(30)32-11-9-31(10-12-32)26-49-45(58)39-24-36(55)27-54(39)46(59)43(47(2,3)4)53-41(56)28-62-21-20-61-19-18-48-44(57)34-8-6-7-33(23-34)38-25-40(51-29-50-38)52-35-13-15-37(60-5)16-14-35/h6-17,22-23,25,29,36,39,43,55H,18-21,24,26-28H2,1-5H3,(H,48,57)(H,49,58)(H,53,56)(H,50,51,52)/t36-,39+,43-/m1/s1. The Morgan fingerprint density at radius 1 is 0.905 bits per heavy atom. The van der Waals surface area contributed by atoms with Crippen LogP contribution in [0.2, 0.25) is 0 Å². The number of hydrogen-bond acceptors (Lipinski definition) is 12. The third kappa shape index (κ3) is 12.9. The van der Waals surface area contributed by atoms with E-state index in [1.807, 2.05) is 75.4 Å². The summed E-state index contributed by atoms with van der Waals surface area (Å²) >= 11 is 1.68. The second-order valence-corrected chi connectivity index (χ2v) is 17.2. The van der Waals surface area contributed by atoms with E-state index in [-0.39, 0.29) is 64.3 Å². The summed E-state index contributed by atoms with van der Waals surface area (Å²) in [5.41, 5.74) is 5.19. The molecule has 63 heavy (non-hydrogen) atoms. The molecule has 0 spiro atoms. The number of rotatable bonds is 19.